The Hall–Kier alpha value is -2.57. The first kappa shape index (κ1) is 16.8. The van der Waals surface area contributed by atoms with E-state index >= 15 is 0 Å². The van der Waals surface area contributed by atoms with Crippen molar-refractivity contribution in [1.29, 1.82) is 0 Å². The fraction of sp³-hybridized carbons (Fsp3) is 0.438. The second-order valence-electron chi connectivity index (χ2n) is 6.11. The van der Waals surface area contributed by atoms with E-state index in [1.165, 1.54) is 0 Å². The Kier molecular flexibility index (Phi) is 5.20. The summed E-state index contributed by atoms with van der Waals surface area (Å²) in [6.07, 6.45) is 1.62. The van der Waals surface area contributed by atoms with E-state index in [1.807, 2.05) is 45.0 Å². The minimum absolute atomic E-state index is 0.304. The highest BCUT2D eigenvalue weighted by atomic mass is 16.6. The van der Waals surface area contributed by atoms with Crippen molar-refractivity contribution in [2.45, 2.75) is 45.6 Å². The average molecular weight is 320 g/mol. The Morgan fingerprint density at radius 2 is 1.91 bits per heavy atom. The number of carbonyl (C=O) groups excluding carboxylic acids is 1. The van der Waals surface area contributed by atoms with E-state index in [0.717, 1.165) is 18.4 Å². The van der Waals surface area contributed by atoms with Crippen LogP contribution in [-0.2, 0) is 17.6 Å². The van der Waals surface area contributed by atoms with Gasteiger partial charge < -0.3 is 9.15 Å². The van der Waals surface area contributed by atoms with E-state index in [9.17, 15) is 9.59 Å². The molecule has 0 aliphatic rings. The number of rotatable bonds is 5. The quantitative estimate of drug-likeness (QED) is 0.909. The van der Waals surface area contributed by atoms with Crippen LogP contribution in [0.1, 0.15) is 38.6 Å². The molecule has 2 rings (SSSR count). The van der Waals surface area contributed by atoms with Crippen LogP contribution < -0.4 is 11.1 Å². The predicted molar refractivity (Wildman–Crippen MR) is 83.4 cm³/mol. The van der Waals surface area contributed by atoms with E-state index in [-0.39, 0.29) is 0 Å². The van der Waals surface area contributed by atoms with Crippen molar-refractivity contribution in [3.63, 3.8) is 0 Å². The largest absolute Gasteiger partial charge is 0.542 e. The number of hydrogen-bond acceptors (Lipinski definition) is 6. The zero-order valence-corrected chi connectivity index (χ0v) is 13.4. The lowest BCUT2D eigenvalue weighted by molar-refractivity contribution is 0.0636. The van der Waals surface area contributed by atoms with Crippen molar-refractivity contribution in [1.82, 2.24) is 5.16 Å². The first-order valence-electron chi connectivity index (χ1n) is 7.36. The minimum atomic E-state index is -0.780. The van der Waals surface area contributed by atoms with Crippen LogP contribution in [-0.4, -0.2) is 16.9 Å². The molecule has 1 amide bonds. The van der Waals surface area contributed by atoms with E-state index in [1.54, 1.807) is 0 Å². The van der Waals surface area contributed by atoms with Gasteiger partial charge in [0.05, 0.1) is 0 Å². The van der Waals surface area contributed by atoms with Gasteiger partial charge in [-0.3, -0.25) is 9.84 Å². The van der Waals surface area contributed by atoms with Crippen LogP contribution >= 0.6 is 0 Å². The first-order valence-corrected chi connectivity index (χ1v) is 7.36. The molecule has 1 N–H and O–H groups in total. The third-order valence-corrected chi connectivity index (χ3v) is 2.88. The number of benzene rings is 1. The fourth-order valence-electron chi connectivity index (χ4n) is 1.94. The van der Waals surface area contributed by atoms with Crippen LogP contribution in [0.2, 0.25) is 0 Å². The van der Waals surface area contributed by atoms with Crippen LogP contribution in [0.5, 0.6) is 0 Å². The second-order valence-corrected chi connectivity index (χ2v) is 6.11. The molecule has 0 saturated carbocycles. The Morgan fingerprint density at radius 1 is 1.22 bits per heavy atom. The summed E-state index contributed by atoms with van der Waals surface area (Å²) >= 11 is 0. The molecule has 2 aromatic rings. The highest BCUT2D eigenvalue weighted by Gasteiger charge is 2.16. The van der Waals surface area contributed by atoms with E-state index in [4.69, 9.17) is 9.15 Å². The van der Waals surface area contributed by atoms with Gasteiger partial charge in [-0.1, -0.05) is 12.1 Å². The van der Waals surface area contributed by atoms with Crippen molar-refractivity contribution < 1.29 is 18.5 Å². The molecule has 7 heteroatoms. The van der Waals surface area contributed by atoms with Crippen LogP contribution in [0.3, 0.4) is 0 Å². The Balaban J connectivity index is 1.80. The average Bonchev–Trinajstić information content (AvgIpc) is 2.84. The Bertz CT molecular complexity index is 694. The maximum atomic E-state index is 11.7. The van der Waals surface area contributed by atoms with Crippen LogP contribution in [0.4, 0.5) is 10.5 Å². The number of ether oxygens (including phenoxy) is 1. The number of anilines is 1. The smallest absolute Gasteiger partial charge is 0.444 e. The van der Waals surface area contributed by atoms with Crippen molar-refractivity contribution in [2.24, 2.45) is 0 Å². The normalized spacial score (nSPS) is 11.3. The molecule has 1 aromatic carbocycles. The standard InChI is InChI=1S/C16H20N2O5/c1-16(2,3)22-14(19)17-12-9-7-11(8-10-12)5-4-6-13-18-23-15(20)21-13/h7-10H,4-6H2,1-3H3,(H,17,19). The molecule has 1 heterocycles. The van der Waals surface area contributed by atoms with Gasteiger partial charge in [0.25, 0.3) is 0 Å². The lowest BCUT2D eigenvalue weighted by Gasteiger charge is -2.19. The fourth-order valence-corrected chi connectivity index (χ4v) is 1.94. The lowest BCUT2D eigenvalue weighted by Crippen LogP contribution is -2.27. The highest BCUT2D eigenvalue weighted by Crippen LogP contribution is 2.14. The molecule has 124 valence electrons. The van der Waals surface area contributed by atoms with E-state index in [0.29, 0.717) is 18.0 Å². The molecular formula is C16H20N2O5. The maximum Gasteiger partial charge on any atom is 0.542 e. The van der Waals surface area contributed by atoms with Gasteiger partial charge in [0.2, 0.25) is 5.89 Å². The summed E-state index contributed by atoms with van der Waals surface area (Å²) in [5.41, 5.74) is 1.25. The summed E-state index contributed by atoms with van der Waals surface area (Å²) < 4.78 is 14.2. The lowest BCUT2D eigenvalue weighted by atomic mass is 10.1. The molecule has 0 atom stereocenters. The van der Waals surface area contributed by atoms with Crippen LogP contribution in [0.15, 0.2) is 38.0 Å². The van der Waals surface area contributed by atoms with Crippen molar-refractivity contribution >= 4 is 11.8 Å². The third kappa shape index (κ3) is 5.98. The molecule has 0 aliphatic carbocycles. The molecule has 0 bridgehead atoms. The minimum Gasteiger partial charge on any atom is -0.444 e. The number of nitrogens with one attached hydrogen (secondary N) is 1. The second kappa shape index (κ2) is 7.13. The van der Waals surface area contributed by atoms with E-state index < -0.39 is 17.5 Å². The molecule has 0 unspecified atom stereocenters. The summed E-state index contributed by atoms with van der Waals surface area (Å²) in [6, 6.07) is 7.47. The molecule has 0 fully saturated rings. The Morgan fingerprint density at radius 3 is 2.48 bits per heavy atom. The van der Waals surface area contributed by atoms with Gasteiger partial charge >= 0.3 is 11.9 Å². The number of amides is 1. The van der Waals surface area contributed by atoms with Crippen molar-refractivity contribution in [3.8, 4) is 0 Å². The first-order chi connectivity index (χ1) is 10.8. The van der Waals surface area contributed by atoms with Crippen LogP contribution in [0, 0.1) is 0 Å². The molecule has 23 heavy (non-hydrogen) atoms. The van der Waals surface area contributed by atoms with Gasteiger partial charge in [-0.2, -0.15) is 0 Å². The molecule has 1 aromatic heterocycles. The number of hydrogen-bond donors (Lipinski definition) is 1. The highest BCUT2D eigenvalue weighted by molar-refractivity contribution is 5.84. The topological polar surface area (TPSA) is 94.6 Å². The number of carbonyl (C=O) groups is 1. The predicted octanol–water partition coefficient (Wildman–Crippen LogP) is 3.15. The number of aryl methyl sites for hydroxylation is 2. The monoisotopic (exact) mass is 320 g/mol. The Labute approximate surface area is 133 Å². The molecule has 0 saturated heterocycles. The summed E-state index contributed by atoms with van der Waals surface area (Å²) in [5, 5.41) is 6.18. The summed E-state index contributed by atoms with van der Waals surface area (Å²) in [7, 11) is 0. The third-order valence-electron chi connectivity index (χ3n) is 2.88. The summed E-state index contributed by atoms with van der Waals surface area (Å²) in [6.45, 7) is 5.44. The van der Waals surface area contributed by atoms with Gasteiger partial charge in [0.15, 0.2) is 0 Å². The molecular weight excluding hydrogens is 300 g/mol. The summed E-state index contributed by atoms with van der Waals surface area (Å²) in [4.78, 5) is 22.4. The van der Waals surface area contributed by atoms with Gasteiger partial charge in [-0.05, 0) is 56.5 Å². The van der Waals surface area contributed by atoms with Gasteiger partial charge in [-0.15, -0.1) is 0 Å². The zero-order valence-electron chi connectivity index (χ0n) is 13.4. The van der Waals surface area contributed by atoms with Gasteiger partial charge in [0, 0.05) is 12.1 Å². The van der Waals surface area contributed by atoms with E-state index in [2.05, 4.69) is 15.0 Å². The molecule has 0 spiro atoms. The summed E-state index contributed by atoms with van der Waals surface area (Å²) in [5.74, 6) is -0.476. The SMILES string of the molecule is CC(C)(C)OC(=O)Nc1ccc(CCCc2noc(=O)o2)cc1. The molecule has 0 radical (unpaired) electrons. The zero-order chi connectivity index (χ0) is 16.9. The van der Waals surface area contributed by atoms with Crippen LogP contribution in [0.25, 0.3) is 0 Å². The maximum absolute atomic E-state index is 11.7. The molecule has 7 nitrogen and oxygen atoms in total. The number of nitrogens with zero attached hydrogens (tertiary/aromatic N) is 1. The van der Waals surface area contributed by atoms with Crippen molar-refractivity contribution in [2.75, 3.05) is 5.32 Å². The number of aromatic nitrogens is 1. The molecule has 0 aliphatic heterocycles. The van der Waals surface area contributed by atoms with Gasteiger partial charge in [0.1, 0.15) is 5.60 Å². The van der Waals surface area contributed by atoms with Gasteiger partial charge in [-0.25, -0.2) is 9.59 Å². The van der Waals surface area contributed by atoms with Crippen molar-refractivity contribution in [3.05, 3.63) is 46.3 Å².